The van der Waals surface area contributed by atoms with Gasteiger partial charge in [0.15, 0.2) is 0 Å². The molecule has 0 atom stereocenters. The van der Waals surface area contributed by atoms with Gasteiger partial charge in [-0.05, 0) is 13.3 Å². The maximum atomic E-state index is 11.0. The van der Waals surface area contributed by atoms with Crippen molar-refractivity contribution in [3.05, 3.63) is 28.8 Å². The van der Waals surface area contributed by atoms with E-state index in [0.717, 1.165) is 0 Å². The average molecular weight is 227 g/mol. The molecule has 1 rings (SSSR count). The number of aryl methyl sites for hydroxylation is 1. The highest BCUT2D eigenvalue weighted by atomic mass is 35.5. The van der Waals surface area contributed by atoms with Gasteiger partial charge in [0.2, 0.25) is 0 Å². The van der Waals surface area contributed by atoms with Crippen molar-refractivity contribution in [2.24, 2.45) is 0 Å². The molecule has 1 aromatic rings. The molecule has 0 amide bonds. The molecule has 0 aromatic carbocycles. The highest BCUT2D eigenvalue weighted by Crippen LogP contribution is 2.24. The van der Waals surface area contributed by atoms with Gasteiger partial charge in [0.1, 0.15) is 11.5 Å². The Hall–Kier alpha value is -1.42. The molecule has 1 heterocycles. The molecule has 5 heteroatoms. The minimum atomic E-state index is -1.02. The predicted octanol–water partition coefficient (Wildman–Crippen LogP) is 2.32. The van der Waals surface area contributed by atoms with Crippen molar-refractivity contribution in [3.8, 4) is 0 Å². The number of allylic oxidation sites excluding steroid dienone is 1. The minimum absolute atomic E-state index is 0.153. The molecule has 0 saturated heterocycles. The predicted molar refractivity (Wildman–Crippen MR) is 57.7 cm³/mol. The quantitative estimate of drug-likeness (QED) is 0.635. The van der Waals surface area contributed by atoms with Crippen LogP contribution in [0.2, 0.25) is 5.15 Å². The molecule has 1 N–H and O–H groups in total. The van der Waals surface area contributed by atoms with Crippen molar-refractivity contribution in [3.63, 3.8) is 0 Å². The zero-order valence-corrected chi connectivity index (χ0v) is 9.25. The molecule has 0 unspecified atom stereocenters. The Balaban J connectivity index is 3.35. The van der Waals surface area contributed by atoms with Gasteiger partial charge in [0.25, 0.3) is 0 Å². The molecule has 80 valence electrons. The Kier molecular flexibility index (Phi) is 3.80. The number of carbonyl (C=O) groups is 1. The van der Waals surface area contributed by atoms with Gasteiger partial charge in [-0.2, -0.15) is 0 Å². The van der Waals surface area contributed by atoms with Crippen molar-refractivity contribution in [1.82, 2.24) is 9.97 Å². The van der Waals surface area contributed by atoms with Crippen LogP contribution >= 0.6 is 11.6 Å². The maximum Gasteiger partial charge on any atom is 0.336 e. The van der Waals surface area contributed by atoms with Crippen LogP contribution in [0.5, 0.6) is 0 Å². The summed E-state index contributed by atoms with van der Waals surface area (Å²) in [5.74, 6) is -1.02. The van der Waals surface area contributed by atoms with E-state index in [1.54, 1.807) is 13.0 Å². The lowest BCUT2D eigenvalue weighted by Crippen LogP contribution is -2.04. The molecule has 0 aliphatic rings. The van der Waals surface area contributed by atoms with Gasteiger partial charge in [0.05, 0.1) is 11.3 Å². The molecule has 0 bridgehead atoms. The van der Waals surface area contributed by atoms with E-state index >= 15 is 0 Å². The number of carboxylic acids is 1. The Morgan fingerprint density at radius 2 is 2.27 bits per heavy atom. The van der Waals surface area contributed by atoms with E-state index in [2.05, 4.69) is 9.97 Å². The fourth-order valence-corrected chi connectivity index (χ4v) is 1.53. The third kappa shape index (κ3) is 2.53. The first-order valence-corrected chi connectivity index (χ1v) is 4.86. The Bertz CT molecular complexity index is 396. The zero-order chi connectivity index (χ0) is 11.4. The SMILES string of the molecule is CC/C=C(/C(=O)O)c1c(C)ncnc1Cl. The molecule has 0 saturated carbocycles. The van der Waals surface area contributed by atoms with E-state index in [9.17, 15) is 4.79 Å². The first-order chi connectivity index (χ1) is 7.07. The molecule has 0 spiro atoms. The van der Waals surface area contributed by atoms with Gasteiger partial charge in [-0.25, -0.2) is 14.8 Å². The number of aromatic nitrogens is 2. The van der Waals surface area contributed by atoms with Crippen molar-refractivity contribution >= 4 is 23.1 Å². The van der Waals surface area contributed by atoms with Crippen LogP contribution in [0.25, 0.3) is 5.57 Å². The molecule has 0 fully saturated rings. The van der Waals surface area contributed by atoms with E-state index < -0.39 is 5.97 Å². The third-order valence-corrected chi connectivity index (χ3v) is 2.19. The fraction of sp³-hybridized carbons (Fsp3) is 0.300. The molecular weight excluding hydrogens is 216 g/mol. The number of hydrogen-bond acceptors (Lipinski definition) is 3. The van der Waals surface area contributed by atoms with Crippen molar-refractivity contribution in [1.29, 1.82) is 0 Å². The first-order valence-electron chi connectivity index (χ1n) is 4.48. The number of aliphatic carboxylic acids is 1. The molecular formula is C10H11ClN2O2. The zero-order valence-electron chi connectivity index (χ0n) is 8.49. The Labute approximate surface area is 92.6 Å². The van der Waals surface area contributed by atoms with E-state index in [0.29, 0.717) is 17.7 Å². The number of halogens is 1. The molecule has 1 aromatic heterocycles. The van der Waals surface area contributed by atoms with Crippen LogP contribution < -0.4 is 0 Å². The second kappa shape index (κ2) is 4.89. The van der Waals surface area contributed by atoms with Crippen LogP contribution in [0.15, 0.2) is 12.4 Å². The summed E-state index contributed by atoms with van der Waals surface area (Å²) in [6, 6.07) is 0. The summed E-state index contributed by atoms with van der Waals surface area (Å²) in [7, 11) is 0. The summed E-state index contributed by atoms with van der Waals surface area (Å²) in [6.45, 7) is 3.56. The summed E-state index contributed by atoms with van der Waals surface area (Å²) >= 11 is 5.85. The average Bonchev–Trinajstić information content (AvgIpc) is 2.15. The summed E-state index contributed by atoms with van der Waals surface area (Å²) in [5.41, 5.74) is 1.12. The highest BCUT2D eigenvalue weighted by molar-refractivity contribution is 6.33. The van der Waals surface area contributed by atoms with E-state index in [-0.39, 0.29) is 10.7 Å². The topological polar surface area (TPSA) is 63.1 Å². The van der Waals surface area contributed by atoms with Crippen LogP contribution in [0.4, 0.5) is 0 Å². The van der Waals surface area contributed by atoms with Crippen molar-refractivity contribution in [2.45, 2.75) is 20.3 Å². The molecule has 0 aliphatic carbocycles. The fourth-order valence-electron chi connectivity index (χ4n) is 1.25. The van der Waals surface area contributed by atoms with Crippen LogP contribution in [0.1, 0.15) is 24.6 Å². The van der Waals surface area contributed by atoms with Crippen molar-refractivity contribution in [2.75, 3.05) is 0 Å². The van der Waals surface area contributed by atoms with E-state index in [1.165, 1.54) is 6.33 Å². The number of rotatable bonds is 3. The Morgan fingerprint density at radius 1 is 1.60 bits per heavy atom. The third-order valence-electron chi connectivity index (χ3n) is 1.90. The monoisotopic (exact) mass is 226 g/mol. The summed E-state index contributed by atoms with van der Waals surface area (Å²) in [5, 5.41) is 9.20. The standard InChI is InChI=1S/C10H11ClN2O2/c1-3-4-7(10(14)15)8-6(2)12-5-13-9(8)11/h4-5H,3H2,1-2H3,(H,14,15)/b7-4+. The molecule has 4 nitrogen and oxygen atoms in total. The number of carboxylic acid groups (broad SMARTS) is 1. The lowest BCUT2D eigenvalue weighted by atomic mass is 10.1. The number of hydrogen-bond donors (Lipinski definition) is 1. The normalized spacial score (nSPS) is 11.5. The van der Waals surface area contributed by atoms with Gasteiger partial charge in [0, 0.05) is 5.56 Å². The van der Waals surface area contributed by atoms with Crippen LogP contribution in [-0.4, -0.2) is 21.0 Å². The lowest BCUT2D eigenvalue weighted by Gasteiger charge is -2.06. The summed E-state index contributed by atoms with van der Waals surface area (Å²) in [6.07, 6.45) is 3.53. The second-order valence-electron chi connectivity index (χ2n) is 2.96. The van der Waals surface area contributed by atoms with Gasteiger partial charge in [-0.3, -0.25) is 0 Å². The minimum Gasteiger partial charge on any atom is -0.478 e. The van der Waals surface area contributed by atoms with Crippen LogP contribution in [0.3, 0.4) is 0 Å². The maximum absolute atomic E-state index is 11.0. The van der Waals surface area contributed by atoms with Gasteiger partial charge < -0.3 is 5.11 Å². The molecule has 0 radical (unpaired) electrons. The van der Waals surface area contributed by atoms with Crippen molar-refractivity contribution < 1.29 is 9.90 Å². The van der Waals surface area contributed by atoms with Crippen LogP contribution in [-0.2, 0) is 4.79 Å². The highest BCUT2D eigenvalue weighted by Gasteiger charge is 2.17. The summed E-state index contributed by atoms with van der Waals surface area (Å²) < 4.78 is 0. The van der Waals surface area contributed by atoms with Gasteiger partial charge in [-0.1, -0.05) is 24.6 Å². The molecule has 0 aliphatic heterocycles. The molecule has 15 heavy (non-hydrogen) atoms. The number of nitrogens with zero attached hydrogens (tertiary/aromatic N) is 2. The van der Waals surface area contributed by atoms with E-state index in [1.807, 2.05) is 6.92 Å². The van der Waals surface area contributed by atoms with Gasteiger partial charge >= 0.3 is 5.97 Å². The van der Waals surface area contributed by atoms with Gasteiger partial charge in [-0.15, -0.1) is 0 Å². The summed E-state index contributed by atoms with van der Waals surface area (Å²) in [4.78, 5) is 18.7. The van der Waals surface area contributed by atoms with E-state index in [4.69, 9.17) is 16.7 Å². The largest absolute Gasteiger partial charge is 0.478 e. The Morgan fingerprint density at radius 3 is 2.73 bits per heavy atom. The lowest BCUT2D eigenvalue weighted by molar-refractivity contribution is -0.130. The van der Waals surface area contributed by atoms with Crippen LogP contribution in [0, 0.1) is 6.92 Å². The smallest absolute Gasteiger partial charge is 0.336 e. The second-order valence-corrected chi connectivity index (χ2v) is 3.31. The first kappa shape index (κ1) is 11.7.